The van der Waals surface area contributed by atoms with Gasteiger partial charge >= 0.3 is 11.9 Å². The zero-order valence-corrected chi connectivity index (χ0v) is 28.8. The number of aromatic nitrogens is 1. The third kappa shape index (κ3) is 11.0. The number of hydrogen-bond acceptors (Lipinski definition) is 8. The minimum atomic E-state index is -0.724. The zero-order valence-electron chi connectivity index (χ0n) is 28.0. The maximum atomic E-state index is 13.8. The Morgan fingerprint density at radius 2 is 1.61 bits per heavy atom. The van der Waals surface area contributed by atoms with Gasteiger partial charge < -0.3 is 19.7 Å². The highest BCUT2D eigenvalue weighted by Gasteiger charge is 2.33. The maximum absolute atomic E-state index is 13.8. The monoisotopic (exact) mass is 629 g/mol. The van der Waals surface area contributed by atoms with Crippen molar-refractivity contribution >= 4 is 35.1 Å². The molecule has 244 valence electrons. The van der Waals surface area contributed by atoms with Crippen LogP contribution in [-0.2, 0) is 30.3 Å². The van der Waals surface area contributed by atoms with Gasteiger partial charge in [0.25, 0.3) is 5.91 Å². The first-order valence-corrected chi connectivity index (χ1v) is 16.3. The van der Waals surface area contributed by atoms with Gasteiger partial charge in [0.2, 0.25) is 5.91 Å². The van der Waals surface area contributed by atoms with Gasteiger partial charge in [-0.05, 0) is 36.2 Å². The van der Waals surface area contributed by atoms with Crippen LogP contribution in [0.15, 0.2) is 30.3 Å². The van der Waals surface area contributed by atoms with Crippen LogP contribution in [0.2, 0.25) is 0 Å². The van der Waals surface area contributed by atoms with E-state index in [0.717, 1.165) is 10.4 Å². The molecule has 0 saturated heterocycles. The molecule has 1 heterocycles. The van der Waals surface area contributed by atoms with Crippen LogP contribution in [0.25, 0.3) is 0 Å². The zero-order chi connectivity index (χ0) is 33.1. The number of benzene rings is 1. The summed E-state index contributed by atoms with van der Waals surface area (Å²) in [6.07, 6.45) is 0.986. The number of hydrogen-bond donors (Lipinski definition) is 1. The van der Waals surface area contributed by atoms with Crippen LogP contribution in [0.5, 0.6) is 0 Å². The maximum Gasteiger partial charge on any atom is 0.308 e. The Labute approximate surface area is 267 Å². The smallest absolute Gasteiger partial charge is 0.308 e. The molecule has 4 atom stereocenters. The molecule has 0 aliphatic carbocycles. The highest BCUT2D eigenvalue weighted by atomic mass is 32.1. The fraction of sp³-hybridized carbons (Fsp3) is 0.618. The summed E-state index contributed by atoms with van der Waals surface area (Å²) >= 11 is 1.36. The van der Waals surface area contributed by atoms with Crippen LogP contribution < -0.4 is 5.32 Å². The van der Waals surface area contributed by atoms with E-state index in [1.165, 1.54) is 25.4 Å². The number of nitrogens with zero attached hydrogens (tertiary/aromatic N) is 2. The predicted molar refractivity (Wildman–Crippen MR) is 173 cm³/mol. The lowest BCUT2D eigenvalue weighted by Crippen LogP contribution is -2.42. The minimum absolute atomic E-state index is 0.0160. The number of esters is 2. The van der Waals surface area contributed by atoms with E-state index >= 15 is 0 Å². The summed E-state index contributed by atoms with van der Waals surface area (Å²) in [5.41, 5.74) is 1.31. The lowest BCUT2D eigenvalue weighted by Gasteiger charge is -2.34. The normalized spacial score (nSPS) is 14.2. The van der Waals surface area contributed by atoms with Crippen molar-refractivity contribution in [2.45, 2.75) is 105 Å². The lowest BCUT2D eigenvalue weighted by atomic mass is 9.95. The van der Waals surface area contributed by atoms with Gasteiger partial charge in [0.15, 0.2) is 6.10 Å². The second-order valence-electron chi connectivity index (χ2n) is 12.7. The molecule has 2 aromatic rings. The topological polar surface area (TPSA) is 115 Å². The molecule has 0 aliphatic rings. The number of carbonyl (C=O) groups excluding carboxylic acids is 4. The van der Waals surface area contributed by atoms with Crippen molar-refractivity contribution in [3.8, 4) is 0 Å². The van der Waals surface area contributed by atoms with Crippen LogP contribution in [-0.4, -0.2) is 59.9 Å². The first-order valence-electron chi connectivity index (χ1n) is 15.5. The summed E-state index contributed by atoms with van der Waals surface area (Å²) < 4.78 is 10.7. The number of ether oxygens (including phenoxy) is 2. The summed E-state index contributed by atoms with van der Waals surface area (Å²) in [5.74, 6) is -1.22. The SMILES string of the molecule is COC(=O)[C@@H](C)C[C@H](Cc1ccccc1)NC(=O)c1nc([C@@H](CC(C(C)C)N(C)C(=O)CC(C)C)OC(C)=O)sc1C(C)C. The standard InChI is InChI=1S/C34H51N3O6S/c1-20(2)16-29(39)37(9)27(21(3)4)19-28(43-24(8)38)33-36-30(31(44-33)22(5)6)32(40)35-26(17-23(7)34(41)42-10)18-25-14-12-11-13-15-25/h11-15,20-23,26-28H,16-19H2,1-10H3,(H,35,40)/t23-,26+,27?,28+/m0/s1. The Morgan fingerprint density at radius 1 is 0.977 bits per heavy atom. The molecule has 1 N–H and O–H groups in total. The van der Waals surface area contributed by atoms with Gasteiger partial charge in [0.1, 0.15) is 10.7 Å². The summed E-state index contributed by atoms with van der Waals surface area (Å²) in [5, 5.41) is 3.65. The van der Waals surface area contributed by atoms with Crippen LogP contribution >= 0.6 is 11.3 Å². The van der Waals surface area contributed by atoms with Crippen molar-refractivity contribution in [2.24, 2.45) is 17.8 Å². The van der Waals surface area contributed by atoms with Gasteiger partial charge in [-0.1, -0.05) is 78.8 Å². The van der Waals surface area contributed by atoms with Gasteiger partial charge in [-0.15, -0.1) is 11.3 Å². The number of carbonyl (C=O) groups is 4. The summed E-state index contributed by atoms with van der Waals surface area (Å²) in [6, 6.07) is 9.23. The Bertz CT molecular complexity index is 1240. The first-order chi connectivity index (χ1) is 20.6. The van der Waals surface area contributed by atoms with Crippen molar-refractivity contribution in [1.82, 2.24) is 15.2 Å². The molecule has 0 fully saturated rings. The number of methoxy groups -OCH3 is 1. The van der Waals surface area contributed by atoms with Crippen molar-refractivity contribution in [1.29, 1.82) is 0 Å². The summed E-state index contributed by atoms with van der Waals surface area (Å²) in [7, 11) is 3.15. The Kier molecular flexibility index (Phi) is 14.5. The first kappa shape index (κ1) is 36.9. The van der Waals surface area contributed by atoms with Crippen molar-refractivity contribution < 1.29 is 28.7 Å². The van der Waals surface area contributed by atoms with Crippen LogP contribution in [0.4, 0.5) is 0 Å². The summed E-state index contributed by atoms with van der Waals surface area (Å²) in [4.78, 5) is 58.6. The van der Waals surface area contributed by atoms with Gasteiger partial charge in [-0.3, -0.25) is 19.2 Å². The molecule has 1 aromatic heterocycles. The second-order valence-corrected chi connectivity index (χ2v) is 13.7. The molecule has 1 unspecified atom stereocenters. The fourth-order valence-corrected chi connectivity index (χ4v) is 6.39. The third-order valence-corrected chi connectivity index (χ3v) is 9.04. The Morgan fingerprint density at radius 3 is 2.14 bits per heavy atom. The van der Waals surface area contributed by atoms with E-state index in [1.54, 1.807) is 18.9 Å². The average molecular weight is 630 g/mol. The average Bonchev–Trinajstić information content (AvgIpc) is 3.40. The quantitative estimate of drug-likeness (QED) is 0.216. The molecular weight excluding hydrogens is 578 g/mol. The highest BCUT2D eigenvalue weighted by Crippen LogP contribution is 2.35. The molecule has 0 spiro atoms. The van der Waals surface area contributed by atoms with Crippen LogP contribution in [0.3, 0.4) is 0 Å². The minimum Gasteiger partial charge on any atom is -0.469 e. The van der Waals surface area contributed by atoms with Crippen molar-refractivity contribution in [2.75, 3.05) is 14.2 Å². The van der Waals surface area contributed by atoms with Crippen molar-refractivity contribution in [3.63, 3.8) is 0 Å². The lowest BCUT2D eigenvalue weighted by molar-refractivity contribution is -0.148. The van der Waals surface area contributed by atoms with E-state index in [2.05, 4.69) is 5.32 Å². The molecule has 2 amide bonds. The number of amides is 2. The number of thiazole rings is 1. The van der Waals surface area contributed by atoms with Crippen molar-refractivity contribution in [3.05, 3.63) is 51.5 Å². The molecule has 0 bridgehead atoms. The molecule has 10 heteroatoms. The van der Waals surface area contributed by atoms with Gasteiger partial charge in [-0.2, -0.15) is 0 Å². The fourth-order valence-electron chi connectivity index (χ4n) is 5.29. The molecule has 0 saturated carbocycles. The Balaban J connectivity index is 2.43. The third-order valence-electron chi connectivity index (χ3n) is 7.59. The molecule has 0 radical (unpaired) electrons. The largest absolute Gasteiger partial charge is 0.469 e. The molecule has 44 heavy (non-hydrogen) atoms. The van der Waals surface area contributed by atoms with E-state index in [-0.39, 0.29) is 53.3 Å². The van der Waals surface area contributed by atoms with Gasteiger partial charge in [-0.25, -0.2) is 4.98 Å². The Hall–Kier alpha value is -3.27. The van der Waals surface area contributed by atoms with E-state index < -0.39 is 18.0 Å². The predicted octanol–water partition coefficient (Wildman–Crippen LogP) is 6.33. The van der Waals surface area contributed by atoms with E-state index in [0.29, 0.717) is 30.7 Å². The second kappa shape index (κ2) is 17.3. The molecule has 2 rings (SSSR count). The number of rotatable bonds is 16. The number of nitrogens with one attached hydrogen (secondary N) is 1. The van der Waals surface area contributed by atoms with E-state index in [1.807, 2.05) is 71.9 Å². The van der Waals surface area contributed by atoms with Gasteiger partial charge in [0.05, 0.1) is 13.0 Å². The van der Waals surface area contributed by atoms with E-state index in [9.17, 15) is 19.2 Å². The summed E-state index contributed by atoms with van der Waals surface area (Å²) in [6.45, 7) is 15.2. The van der Waals surface area contributed by atoms with Gasteiger partial charge in [0, 0.05) is 43.8 Å². The molecule has 1 aromatic carbocycles. The molecular formula is C34H51N3O6S. The molecule has 9 nitrogen and oxygen atoms in total. The molecule has 0 aliphatic heterocycles. The highest BCUT2D eigenvalue weighted by molar-refractivity contribution is 7.12. The van der Waals surface area contributed by atoms with Crippen LogP contribution in [0.1, 0.15) is 113 Å². The van der Waals surface area contributed by atoms with Crippen LogP contribution in [0, 0.1) is 17.8 Å². The van der Waals surface area contributed by atoms with E-state index in [4.69, 9.17) is 14.5 Å².